The van der Waals surface area contributed by atoms with Crippen LogP contribution < -0.4 is 0 Å². The predicted octanol–water partition coefficient (Wildman–Crippen LogP) is 2.38. The molecule has 5 heteroatoms. The van der Waals surface area contributed by atoms with E-state index in [0.29, 0.717) is 5.56 Å². The maximum absolute atomic E-state index is 13.7. The molecule has 1 aromatic rings. The number of carbonyl (C=O) groups excluding carboxylic acids is 1. The van der Waals surface area contributed by atoms with Gasteiger partial charge in [0.05, 0.1) is 12.7 Å². The molecule has 0 atom stereocenters. The molecule has 0 saturated carbocycles. The molecule has 0 aliphatic heterocycles. The number of ether oxygens (including phenoxy) is 1. The molecule has 0 aliphatic rings. The van der Waals surface area contributed by atoms with E-state index in [1.807, 2.05) is 0 Å². The van der Waals surface area contributed by atoms with Crippen molar-refractivity contribution in [3.05, 3.63) is 34.6 Å². The summed E-state index contributed by atoms with van der Waals surface area (Å²) in [6.07, 6.45) is 0. The van der Waals surface area contributed by atoms with Crippen LogP contribution in [-0.2, 0) is 10.1 Å². The number of hydrogen-bond donors (Lipinski definition) is 0. The van der Waals surface area contributed by atoms with Gasteiger partial charge < -0.3 is 4.74 Å². The van der Waals surface area contributed by atoms with Crippen molar-refractivity contribution in [2.45, 2.75) is 5.33 Å². The molecule has 3 nitrogen and oxygen atoms in total. The van der Waals surface area contributed by atoms with Crippen LogP contribution in [0.3, 0.4) is 0 Å². The molecule has 0 saturated heterocycles. The van der Waals surface area contributed by atoms with Gasteiger partial charge in [0, 0.05) is 5.33 Å². The minimum atomic E-state index is -0.841. The summed E-state index contributed by atoms with van der Waals surface area (Å²) in [6.45, 7) is 0. The summed E-state index contributed by atoms with van der Waals surface area (Å²) in [7, 11) is 1.14. The molecule has 15 heavy (non-hydrogen) atoms. The number of methoxy groups -OCH3 is 1. The Kier molecular flexibility index (Phi) is 3.81. The molecule has 0 unspecified atom stereocenters. The highest BCUT2D eigenvalue weighted by Crippen LogP contribution is 2.20. The highest BCUT2D eigenvalue weighted by Gasteiger charge is 2.20. The molecule has 0 aliphatic carbocycles. The molecular formula is C10H7BrFNO2. The van der Waals surface area contributed by atoms with Gasteiger partial charge in [0.2, 0.25) is 0 Å². The maximum Gasteiger partial charge on any atom is 0.342 e. The normalized spacial score (nSPS) is 9.47. The van der Waals surface area contributed by atoms with Crippen molar-refractivity contribution in [1.82, 2.24) is 0 Å². The Morgan fingerprint density at radius 3 is 2.80 bits per heavy atom. The first-order valence-corrected chi connectivity index (χ1v) is 5.13. The first kappa shape index (κ1) is 11.7. The van der Waals surface area contributed by atoms with Crippen molar-refractivity contribution in [2.24, 2.45) is 0 Å². The lowest BCUT2D eigenvalue weighted by Crippen LogP contribution is -2.09. The van der Waals surface area contributed by atoms with Crippen molar-refractivity contribution in [1.29, 1.82) is 5.26 Å². The van der Waals surface area contributed by atoms with Crippen molar-refractivity contribution in [3.63, 3.8) is 0 Å². The van der Waals surface area contributed by atoms with Gasteiger partial charge in [-0.3, -0.25) is 0 Å². The van der Waals surface area contributed by atoms with E-state index in [4.69, 9.17) is 5.26 Å². The van der Waals surface area contributed by atoms with Crippen molar-refractivity contribution < 1.29 is 13.9 Å². The van der Waals surface area contributed by atoms with Crippen LogP contribution in [0.4, 0.5) is 4.39 Å². The summed E-state index contributed by atoms with van der Waals surface area (Å²) in [5.41, 5.74) is -0.0181. The van der Waals surface area contributed by atoms with Crippen LogP contribution in [0.15, 0.2) is 12.1 Å². The zero-order chi connectivity index (χ0) is 11.4. The van der Waals surface area contributed by atoms with Gasteiger partial charge in [0.25, 0.3) is 0 Å². The molecule has 0 aromatic heterocycles. The monoisotopic (exact) mass is 271 g/mol. The fraction of sp³-hybridized carbons (Fsp3) is 0.200. The van der Waals surface area contributed by atoms with E-state index in [9.17, 15) is 9.18 Å². The number of nitriles is 1. The van der Waals surface area contributed by atoms with Gasteiger partial charge in [-0.25, -0.2) is 9.18 Å². The van der Waals surface area contributed by atoms with Gasteiger partial charge >= 0.3 is 5.97 Å². The van der Waals surface area contributed by atoms with Crippen molar-refractivity contribution in [3.8, 4) is 6.07 Å². The predicted molar refractivity (Wildman–Crippen MR) is 55.1 cm³/mol. The first-order valence-electron chi connectivity index (χ1n) is 4.01. The average Bonchev–Trinajstić information content (AvgIpc) is 2.27. The minimum absolute atomic E-state index is 0.0240. The van der Waals surface area contributed by atoms with Crippen LogP contribution in [0, 0.1) is 17.1 Å². The number of benzene rings is 1. The van der Waals surface area contributed by atoms with E-state index in [-0.39, 0.29) is 16.5 Å². The molecule has 0 N–H and O–H groups in total. The van der Waals surface area contributed by atoms with Gasteiger partial charge in [-0.1, -0.05) is 22.0 Å². The third-order valence-corrected chi connectivity index (χ3v) is 2.48. The van der Waals surface area contributed by atoms with Crippen molar-refractivity contribution in [2.75, 3.05) is 7.11 Å². The fourth-order valence-electron chi connectivity index (χ4n) is 1.12. The molecule has 0 bridgehead atoms. The Balaban J connectivity index is 3.44. The summed E-state index contributed by atoms with van der Waals surface area (Å²) in [6, 6.07) is 4.60. The van der Waals surface area contributed by atoms with Crippen LogP contribution >= 0.6 is 15.9 Å². The van der Waals surface area contributed by atoms with E-state index < -0.39 is 11.8 Å². The summed E-state index contributed by atoms with van der Waals surface area (Å²) in [5, 5.41) is 8.99. The lowest BCUT2D eigenvalue weighted by molar-refractivity contribution is 0.0595. The molecule has 0 amide bonds. The Morgan fingerprint density at radius 1 is 1.67 bits per heavy atom. The van der Waals surface area contributed by atoms with E-state index in [1.165, 1.54) is 12.1 Å². The van der Waals surface area contributed by atoms with Gasteiger partial charge in [-0.2, -0.15) is 5.26 Å². The third-order valence-electron chi connectivity index (χ3n) is 1.88. The van der Waals surface area contributed by atoms with Crippen LogP contribution in [-0.4, -0.2) is 13.1 Å². The number of esters is 1. The van der Waals surface area contributed by atoms with Gasteiger partial charge in [0.1, 0.15) is 17.4 Å². The molecule has 0 spiro atoms. The highest BCUT2D eigenvalue weighted by molar-refractivity contribution is 9.08. The van der Waals surface area contributed by atoms with Gasteiger partial charge in [0.15, 0.2) is 0 Å². The Hall–Kier alpha value is -1.41. The van der Waals surface area contributed by atoms with Crippen LogP contribution in [0.1, 0.15) is 21.5 Å². The molecule has 0 fully saturated rings. The number of alkyl halides is 1. The van der Waals surface area contributed by atoms with Crippen LogP contribution in [0.5, 0.6) is 0 Å². The van der Waals surface area contributed by atoms with Crippen molar-refractivity contribution >= 4 is 21.9 Å². The molecule has 78 valence electrons. The number of nitrogens with zero attached hydrogens (tertiary/aromatic N) is 1. The summed E-state index contributed by atoms with van der Waals surface area (Å²) >= 11 is 3.08. The standard InChI is InChI=1S/C10H7BrFNO2/c1-15-10(14)8-7(5-13)3-2-6(4-11)9(8)12/h2-3H,4H2,1H3. The summed E-state index contributed by atoms with van der Waals surface area (Å²) in [4.78, 5) is 11.3. The number of carbonyl (C=O) groups is 1. The maximum atomic E-state index is 13.7. The molecule has 1 aromatic carbocycles. The highest BCUT2D eigenvalue weighted by atomic mass is 79.9. The van der Waals surface area contributed by atoms with Crippen LogP contribution in [0.25, 0.3) is 0 Å². The van der Waals surface area contributed by atoms with Gasteiger partial charge in [-0.15, -0.1) is 0 Å². The third kappa shape index (κ3) is 2.16. The summed E-state index contributed by atoms with van der Waals surface area (Å²) < 4.78 is 18.1. The lowest BCUT2D eigenvalue weighted by atomic mass is 10.0. The Labute approximate surface area is 94.6 Å². The Morgan fingerprint density at radius 2 is 2.33 bits per heavy atom. The second kappa shape index (κ2) is 4.89. The first-order chi connectivity index (χ1) is 7.15. The number of halogens is 2. The smallest absolute Gasteiger partial charge is 0.342 e. The molecular weight excluding hydrogens is 265 g/mol. The number of rotatable bonds is 2. The van der Waals surface area contributed by atoms with E-state index in [0.717, 1.165) is 7.11 Å². The van der Waals surface area contributed by atoms with Crippen LogP contribution in [0.2, 0.25) is 0 Å². The quantitative estimate of drug-likeness (QED) is 0.613. The van der Waals surface area contributed by atoms with E-state index >= 15 is 0 Å². The zero-order valence-electron chi connectivity index (χ0n) is 7.88. The molecule has 0 heterocycles. The summed E-state index contributed by atoms with van der Waals surface area (Å²) in [5.74, 6) is -1.55. The largest absolute Gasteiger partial charge is 0.465 e. The topological polar surface area (TPSA) is 50.1 Å². The molecule has 1 rings (SSSR count). The van der Waals surface area contributed by atoms with E-state index in [2.05, 4.69) is 20.7 Å². The second-order valence-electron chi connectivity index (χ2n) is 2.70. The minimum Gasteiger partial charge on any atom is -0.465 e. The second-order valence-corrected chi connectivity index (χ2v) is 3.26. The average molecular weight is 272 g/mol. The molecule has 0 radical (unpaired) electrons. The number of hydrogen-bond acceptors (Lipinski definition) is 3. The lowest BCUT2D eigenvalue weighted by Gasteiger charge is -2.06. The SMILES string of the molecule is COC(=O)c1c(C#N)ccc(CBr)c1F. The van der Waals surface area contributed by atoms with E-state index in [1.54, 1.807) is 6.07 Å². The zero-order valence-corrected chi connectivity index (χ0v) is 9.47. The van der Waals surface area contributed by atoms with Gasteiger partial charge in [-0.05, 0) is 11.6 Å². The fourth-order valence-corrected chi connectivity index (χ4v) is 1.55. The Bertz CT molecular complexity index is 440.